The summed E-state index contributed by atoms with van der Waals surface area (Å²) >= 11 is -2.36. The van der Waals surface area contributed by atoms with Crippen molar-refractivity contribution in [3.8, 4) is 11.6 Å². The van der Waals surface area contributed by atoms with Gasteiger partial charge in [0.15, 0.2) is 5.82 Å². The van der Waals surface area contributed by atoms with E-state index in [9.17, 15) is 13.2 Å². The third-order valence-corrected chi connectivity index (χ3v) is 5.95. The Kier molecular flexibility index (Phi) is 6.28. The fourth-order valence-electron chi connectivity index (χ4n) is 4.39. The smallest absolute Gasteiger partial charge is 0.417 e. The molecule has 1 aliphatic carbocycles. The Bertz CT molecular complexity index is 1340. The number of pyridine rings is 1. The van der Waals surface area contributed by atoms with Crippen molar-refractivity contribution in [2.75, 3.05) is 0 Å². The summed E-state index contributed by atoms with van der Waals surface area (Å²) in [5.74, 6) is 0.738. The van der Waals surface area contributed by atoms with Crippen LogP contribution >= 0.6 is 0 Å². The van der Waals surface area contributed by atoms with E-state index in [-0.39, 0.29) is 39.7 Å². The van der Waals surface area contributed by atoms with Gasteiger partial charge in [0.1, 0.15) is 5.69 Å². The molecule has 2 aromatic heterocycles. The quantitative estimate of drug-likeness (QED) is 0.407. The number of nitrogens with zero attached hydrogens (tertiary/aromatic N) is 3. The molecular weight excluding hydrogens is 469 g/mol. The van der Waals surface area contributed by atoms with Crippen molar-refractivity contribution in [3.05, 3.63) is 77.6 Å². The van der Waals surface area contributed by atoms with Gasteiger partial charge in [-0.3, -0.25) is 9.35 Å². The molecule has 0 aliphatic heterocycles. The van der Waals surface area contributed by atoms with Gasteiger partial charge in [0.2, 0.25) is 0 Å². The van der Waals surface area contributed by atoms with Crippen LogP contribution in [-0.4, -0.2) is 23.9 Å². The second-order valence-corrected chi connectivity index (χ2v) is 9.00. The van der Waals surface area contributed by atoms with Crippen molar-refractivity contribution < 1.29 is 26.5 Å². The maximum Gasteiger partial charge on any atom is 0.417 e. The summed E-state index contributed by atoms with van der Waals surface area (Å²) in [6.07, 6.45) is -4.52. The number of rotatable bonds is 3. The number of hydrogen-bond acceptors (Lipinski definition) is 6. The van der Waals surface area contributed by atoms with Gasteiger partial charge in [-0.1, -0.05) is 67.5 Å². The molecule has 7 nitrogen and oxygen atoms in total. The number of alkyl halides is 3. The molecule has 0 spiro atoms. The maximum absolute atomic E-state index is 13.6. The molecule has 4 aromatic rings. The van der Waals surface area contributed by atoms with Crippen LogP contribution in [0.5, 0.6) is 0 Å². The van der Waals surface area contributed by atoms with Gasteiger partial charge in [-0.15, -0.1) is 0 Å². The lowest BCUT2D eigenvalue weighted by molar-refractivity contribution is -0.136. The molecule has 2 N–H and O–H groups in total. The summed E-state index contributed by atoms with van der Waals surface area (Å²) in [6, 6.07) is 17.2. The lowest BCUT2D eigenvalue weighted by atomic mass is 10.0. The molecule has 0 bridgehead atoms. The summed E-state index contributed by atoms with van der Waals surface area (Å²) in [5.41, 5.74) is 0.598. The van der Waals surface area contributed by atoms with Crippen molar-refractivity contribution in [3.63, 3.8) is 0 Å². The highest BCUT2D eigenvalue weighted by Gasteiger charge is 2.61. The third-order valence-electron chi connectivity index (χ3n) is 5.95. The van der Waals surface area contributed by atoms with Gasteiger partial charge < -0.3 is 9.08 Å². The second kappa shape index (κ2) is 8.90. The van der Waals surface area contributed by atoms with Crippen LogP contribution in [0.4, 0.5) is 13.2 Å². The number of fused-ring (bicyclic) bond motifs is 1. The first-order valence-electron chi connectivity index (χ1n) is 10.2. The molecule has 1 fully saturated rings. The van der Waals surface area contributed by atoms with E-state index in [4.69, 9.17) is 13.3 Å². The molecule has 5 rings (SSSR count). The molecule has 178 valence electrons. The molecule has 0 amide bonds. The first kappa shape index (κ1) is 24.0. The first-order valence-corrected chi connectivity index (χ1v) is 11.3. The predicted molar refractivity (Wildman–Crippen MR) is 119 cm³/mol. The topological polar surface area (TPSA) is 118 Å². The molecule has 34 heavy (non-hydrogen) atoms. The molecule has 0 radical (unpaired) electrons. The zero-order valence-corrected chi connectivity index (χ0v) is 18.9. The minimum Gasteiger partial charge on any atom is -0.760 e. The summed E-state index contributed by atoms with van der Waals surface area (Å²) < 4.78 is 63.7. The SMILES string of the molecule is CC1(C)[C@@H](c2ccccc2)[C@@H]1c1noc(-c2cc(C(F)(F)F)c3ccccc3n2)n1.NS(=O)[O-]. The average molecular weight is 489 g/mol. The van der Waals surface area contributed by atoms with Crippen molar-refractivity contribution in [2.45, 2.75) is 31.9 Å². The van der Waals surface area contributed by atoms with Crippen molar-refractivity contribution in [2.24, 2.45) is 10.6 Å². The van der Waals surface area contributed by atoms with Crippen LogP contribution in [-0.2, 0) is 17.4 Å². The number of benzene rings is 2. The monoisotopic (exact) mass is 489 g/mol. The normalized spacial score (nSPS) is 19.9. The maximum atomic E-state index is 13.6. The second-order valence-electron chi connectivity index (χ2n) is 8.48. The summed E-state index contributed by atoms with van der Waals surface area (Å²) in [6.45, 7) is 4.25. The fraction of sp³-hybridized carbons (Fsp3) is 0.261. The molecular formula is C23H20F3N4O3S-. The van der Waals surface area contributed by atoms with Gasteiger partial charge in [0, 0.05) is 28.5 Å². The number of hydrogen-bond donors (Lipinski definition) is 1. The highest BCUT2D eigenvalue weighted by atomic mass is 32.2. The van der Waals surface area contributed by atoms with E-state index in [0.717, 1.165) is 6.07 Å². The summed E-state index contributed by atoms with van der Waals surface area (Å²) in [5, 5.41) is 8.16. The summed E-state index contributed by atoms with van der Waals surface area (Å²) in [7, 11) is 0. The minimum absolute atomic E-state index is 0.00392. The van der Waals surface area contributed by atoms with E-state index in [1.54, 1.807) is 18.2 Å². The van der Waals surface area contributed by atoms with Crippen molar-refractivity contribution in [1.29, 1.82) is 0 Å². The van der Waals surface area contributed by atoms with Gasteiger partial charge in [0.05, 0.1) is 11.1 Å². The van der Waals surface area contributed by atoms with Crippen LogP contribution in [0.3, 0.4) is 0 Å². The Morgan fingerprint density at radius 1 is 1.03 bits per heavy atom. The van der Waals surface area contributed by atoms with Gasteiger partial charge >= 0.3 is 6.18 Å². The van der Waals surface area contributed by atoms with Gasteiger partial charge in [0.25, 0.3) is 5.89 Å². The fourth-order valence-corrected chi connectivity index (χ4v) is 4.39. The Morgan fingerprint density at radius 3 is 2.29 bits per heavy atom. The Hall–Kier alpha value is -3.15. The first-order chi connectivity index (χ1) is 16.0. The van der Waals surface area contributed by atoms with Crippen molar-refractivity contribution >= 4 is 22.2 Å². The van der Waals surface area contributed by atoms with Gasteiger partial charge in [-0.25, -0.2) is 4.98 Å². The molecule has 2 heterocycles. The van der Waals surface area contributed by atoms with Crippen molar-refractivity contribution in [1.82, 2.24) is 15.1 Å². The molecule has 2 aromatic carbocycles. The molecule has 3 atom stereocenters. The summed E-state index contributed by atoms with van der Waals surface area (Å²) in [4.78, 5) is 8.77. The van der Waals surface area contributed by atoms with E-state index >= 15 is 0 Å². The van der Waals surface area contributed by atoms with E-state index in [1.807, 2.05) is 18.2 Å². The molecule has 1 saturated carbocycles. The number of aromatic nitrogens is 3. The number of halogens is 3. The minimum atomic E-state index is -4.52. The number of nitrogens with two attached hydrogens (primary N) is 1. The van der Waals surface area contributed by atoms with Crippen LogP contribution in [0.2, 0.25) is 0 Å². The van der Waals surface area contributed by atoms with E-state index in [0.29, 0.717) is 5.82 Å². The zero-order chi connectivity index (χ0) is 24.7. The predicted octanol–water partition coefficient (Wildman–Crippen LogP) is 4.95. The Morgan fingerprint density at radius 2 is 1.65 bits per heavy atom. The van der Waals surface area contributed by atoms with E-state index in [2.05, 4.69) is 46.2 Å². The van der Waals surface area contributed by atoms with Crippen LogP contribution in [0, 0.1) is 5.41 Å². The van der Waals surface area contributed by atoms with E-state index in [1.165, 1.54) is 11.6 Å². The number of para-hydroxylation sites is 1. The zero-order valence-electron chi connectivity index (χ0n) is 18.1. The average Bonchev–Trinajstić information content (AvgIpc) is 3.09. The van der Waals surface area contributed by atoms with Crippen LogP contribution in [0.15, 0.2) is 65.2 Å². The third kappa shape index (κ3) is 4.72. The standard InChI is InChI=1S/C23H18F3N3O.H3NO2S/c1-22(2)18(13-8-4-3-5-9-13)19(22)20-28-21(30-29-20)17-12-15(23(24,25)26)14-10-6-7-11-16(14)27-17;1-4(2)3/h3-12,18-19H,1-2H3;1H2,(H,2,3)/p-1/t18-,19+;/m0./s1. The molecule has 1 unspecified atom stereocenters. The molecule has 0 saturated heterocycles. The van der Waals surface area contributed by atoms with Crippen LogP contribution in [0.1, 0.15) is 42.6 Å². The lowest BCUT2D eigenvalue weighted by Crippen LogP contribution is -2.07. The lowest BCUT2D eigenvalue weighted by Gasteiger charge is -2.11. The van der Waals surface area contributed by atoms with Crippen LogP contribution < -0.4 is 5.14 Å². The molecule has 11 heteroatoms. The van der Waals surface area contributed by atoms with Crippen LogP contribution in [0.25, 0.3) is 22.5 Å². The molecule has 1 aliphatic rings. The largest absolute Gasteiger partial charge is 0.760 e. The highest BCUT2D eigenvalue weighted by Crippen LogP contribution is 2.69. The Labute approximate surface area is 195 Å². The van der Waals surface area contributed by atoms with E-state index < -0.39 is 23.0 Å². The van der Waals surface area contributed by atoms with Gasteiger partial charge in [-0.05, 0) is 23.1 Å². The highest BCUT2D eigenvalue weighted by molar-refractivity contribution is 7.76. The Balaban J connectivity index is 0.000000636. The van der Waals surface area contributed by atoms with Gasteiger partial charge in [-0.2, -0.15) is 18.2 Å².